The number of carbonyl (C=O) groups is 2. The average Bonchev–Trinajstić information content (AvgIpc) is 3.70. The quantitative estimate of drug-likeness (QED) is 0.424. The molecule has 2 saturated heterocycles. The summed E-state index contributed by atoms with van der Waals surface area (Å²) >= 11 is 13.9. The van der Waals surface area contributed by atoms with Crippen molar-refractivity contribution in [2.45, 2.75) is 76.4 Å². The number of amides is 2. The third-order valence-electron chi connectivity index (χ3n) is 9.16. The van der Waals surface area contributed by atoms with E-state index in [1.165, 1.54) is 16.7 Å². The number of benzene rings is 2. The molecule has 2 N–H and O–H groups in total. The third kappa shape index (κ3) is 5.16. The lowest BCUT2D eigenvalue weighted by molar-refractivity contribution is -0.142. The number of likely N-dealkylation sites (tertiary alicyclic amines) is 2. The lowest BCUT2D eigenvalue weighted by Crippen LogP contribution is -2.50. The Morgan fingerprint density at radius 3 is 2.26 bits per heavy atom. The summed E-state index contributed by atoms with van der Waals surface area (Å²) in [6.45, 7) is 8.37. The van der Waals surface area contributed by atoms with Crippen molar-refractivity contribution in [3.63, 3.8) is 0 Å². The van der Waals surface area contributed by atoms with Gasteiger partial charge in [0.1, 0.15) is 22.7 Å². The minimum Gasteiger partial charge on any atom is -0.336 e. The summed E-state index contributed by atoms with van der Waals surface area (Å²) in [5, 5.41) is 2.03. The minimum absolute atomic E-state index is 0.0162. The molecular formula is C32H36Cl2FN5O2S. The fourth-order valence-corrected chi connectivity index (χ4v) is 8.53. The Labute approximate surface area is 266 Å². The number of thioether (sulfide) groups is 1. The number of halogens is 3. The molecule has 4 aliphatic heterocycles. The molecule has 0 saturated carbocycles. The maximum absolute atomic E-state index is 14.5. The molecule has 7 nitrogen and oxygen atoms in total. The van der Waals surface area contributed by atoms with E-state index in [2.05, 4.69) is 25.7 Å². The first kappa shape index (κ1) is 30.4. The van der Waals surface area contributed by atoms with Crippen LogP contribution in [0.15, 0.2) is 64.1 Å². The van der Waals surface area contributed by atoms with E-state index in [4.69, 9.17) is 33.9 Å². The Hall–Kier alpha value is -2.59. The van der Waals surface area contributed by atoms with Gasteiger partial charge in [-0.25, -0.2) is 9.38 Å². The van der Waals surface area contributed by atoms with Crippen molar-refractivity contribution in [2.75, 3.05) is 13.1 Å². The highest BCUT2D eigenvalue weighted by molar-refractivity contribution is 8.18. The van der Waals surface area contributed by atoms with Gasteiger partial charge in [-0.1, -0.05) is 61.3 Å². The molecule has 43 heavy (non-hydrogen) atoms. The number of amidine groups is 1. The van der Waals surface area contributed by atoms with Crippen molar-refractivity contribution in [1.29, 1.82) is 0 Å². The van der Waals surface area contributed by atoms with Crippen molar-refractivity contribution >= 4 is 51.9 Å². The number of rotatable bonds is 5. The van der Waals surface area contributed by atoms with E-state index >= 15 is 0 Å². The molecule has 4 heterocycles. The van der Waals surface area contributed by atoms with Gasteiger partial charge in [0, 0.05) is 28.3 Å². The molecule has 0 unspecified atom stereocenters. The van der Waals surface area contributed by atoms with Gasteiger partial charge < -0.3 is 20.4 Å². The average molecular weight is 645 g/mol. The Balaban J connectivity index is 1.40. The van der Waals surface area contributed by atoms with Crippen LogP contribution in [0.2, 0.25) is 10.0 Å². The Kier molecular flexibility index (Phi) is 8.07. The van der Waals surface area contributed by atoms with E-state index in [0.717, 1.165) is 22.0 Å². The van der Waals surface area contributed by atoms with Gasteiger partial charge in [-0.15, -0.1) is 0 Å². The summed E-state index contributed by atoms with van der Waals surface area (Å²) < 4.78 is 14.2. The molecule has 228 valence electrons. The summed E-state index contributed by atoms with van der Waals surface area (Å²) in [6, 6.07) is 13.8. The maximum atomic E-state index is 14.5. The van der Waals surface area contributed by atoms with Gasteiger partial charge in [-0.05, 0) is 79.8 Å². The smallest absolute Gasteiger partial charge is 0.263 e. The van der Waals surface area contributed by atoms with Crippen molar-refractivity contribution in [3.05, 3.63) is 80.3 Å². The van der Waals surface area contributed by atoms with Gasteiger partial charge in [0.2, 0.25) is 5.91 Å². The highest BCUT2D eigenvalue weighted by atomic mass is 35.5. The van der Waals surface area contributed by atoms with E-state index in [9.17, 15) is 14.0 Å². The molecule has 2 aromatic rings. The molecule has 2 aromatic carbocycles. The summed E-state index contributed by atoms with van der Waals surface area (Å²) in [6.07, 6.45) is -0.0174. The van der Waals surface area contributed by atoms with Crippen molar-refractivity contribution in [3.8, 4) is 0 Å². The van der Waals surface area contributed by atoms with Gasteiger partial charge in [-0.2, -0.15) is 0 Å². The monoisotopic (exact) mass is 643 g/mol. The first-order valence-electron chi connectivity index (χ1n) is 14.7. The molecule has 0 bridgehead atoms. The van der Waals surface area contributed by atoms with Crippen LogP contribution in [-0.2, 0) is 15.1 Å². The summed E-state index contributed by atoms with van der Waals surface area (Å²) in [7, 11) is 0. The number of carbonyl (C=O) groups excluding carboxylic acids is 2. The van der Waals surface area contributed by atoms with E-state index in [1.54, 1.807) is 4.90 Å². The number of allylic oxidation sites excluding steroid dienone is 1. The SMILES string of the molecule is CC(C)C1=C(C(=O)N2[C@H](C)CC[C@@H]2C(=O)N2C[C@H](N)[C@@H](F)C2)SC2=N[C@@](C)(c3ccc(Cl)cc3)[C@@H](c3ccc(Cl)cc3)N21. The predicted molar refractivity (Wildman–Crippen MR) is 171 cm³/mol. The molecular weight excluding hydrogens is 608 g/mol. The number of aliphatic imine (C=N–C) groups is 1. The number of nitrogens with zero attached hydrogens (tertiary/aromatic N) is 4. The molecule has 11 heteroatoms. The lowest BCUT2D eigenvalue weighted by Gasteiger charge is -2.37. The van der Waals surface area contributed by atoms with Crippen LogP contribution in [0.25, 0.3) is 0 Å². The normalized spacial score (nSPS) is 30.5. The number of hydrogen-bond donors (Lipinski definition) is 1. The van der Waals surface area contributed by atoms with Crippen LogP contribution >= 0.6 is 35.0 Å². The van der Waals surface area contributed by atoms with Gasteiger partial charge in [0.25, 0.3) is 5.91 Å². The highest BCUT2D eigenvalue weighted by Gasteiger charge is 2.54. The van der Waals surface area contributed by atoms with Crippen molar-refractivity contribution < 1.29 is 14.0 Å². The summed E-state index contributed by atoms with van der Waals surface area (Å²) in [4.78, 5) is 39.3. The fourth-order valence-electron chi connectivity index (χ4n) is 6.93. The van der Waals surface area contributed by atoms with Crippen LogP contribution in [0.4, 0.5) is 4.39 Å². The van der Waals surface area contributed by atoms with E-state index in [-0.39, 0.29) is 42.9 Å². The molecule has 4 aliphatic rings. The van der Waals surface area contributed by atoms with Crippen LogP contribution in [0.1, 0.15) is 57.7 Å². The van der Waals surface area contributed by atoms with Crippen molar-refractivity contribution in [1.82, 2.24) is 14.7 Å². The third-order valence-corrected chi connectivity index (χ3v) is 10.7. The molecule has 0 aliphatic carbocycles. The molecule has 0 aromatic heterocycles. The lowest BCUT2D eigenvalue weighted by atomic mass is 9.81. The van der Waals surface area contributed by atoms with Gasteiger partial charge in [-0.3, -0.25) is 9.59 Å². The van der Waals surface area contributed by atoms with Crippen LogP contribution in [0.3, 0.4) is 0 Å². The molecule has 0 spiro atoms. The Morgan fingerprint density at radius 2 is 1.67 bits per heavy atom. The molecule has 0 radical (unpaired) electrons. The van der Waals surface area contributed by atoms with E-state index in [1.807, 2.05) is 55.5 Å². The molecule has 6 rings (SSSR count). The van der Waals surface area contributed by atoms with E-state index in [0.29, 0.717) is 27.8 Å². The number of nitrogens with two attached hydrogens (primary N) is 1. The Morgan fingerprint density at radius 1 is 1.05 bits per heavy atom. The number of hydrogen-bond acceptors (Lipinski definition) is 6. The number of alkyl halides is 1. The van der Waals surface area contributed by atoms with Crippen LogP contribution < -0.4 is 5.73 Å². The standard InChI is InChI=1S/C32H36Cl2FN5O2S/c1-17(2)26-27(30(42)39-18(3)5-14-25(39)29(41)38-15-23(35)24(36)16-38)43-31-37-32(4,20-8-12-22(34)13-9-20)28(40(26)31)19-6-10-21(33)11-7-19/h6-13,17-18,23-25,28H,5,14-16,36H2,1-4H3/t18-,23+,24+,25-,28-,32+/m1/s1. The second-order valence-corrected chi connectivity index (χ2v) is 14.3. The van der Waals surface area contributed by atoms with Gasteiger partial charge in [0.15, 0.2) is 5.17 Å². The summed E-state index contributed by atoms with van der Waals surface area (Å²) in [5.41, 5.74) is 8.10. The minimum atomic E-state index is -1.25. The van der Waals surface area contributed by atoms with Crippen molar-refractivity contribution in [2.24, 2.45) is 16.6 Å². The second kappa shape index (κ2) is 11.4. The van der Waals surface area contributed by atoms with Gasteiger partial charge >= 0.3 is 0 Å². The fraction of sp³-hybridized carbons (Fsp3) is 0.469. The second-order valence-electron chi connectivity index (χ2n) is 12.4. The largest absolute Gasteiger partial charge is 0.336 e. The van der Waals surface area contributed by atoms with Crippen LogP contribution in [0.5, 0.6) is 0 Å². The zero-order chi connectivity index (χ0) is 30.8. The van der Waals surface area contributed by atoms with Crippen LogP contribution in [-0.4, -0.2) is 69.1 Å². The molecule has 6 atom stereocenters. The highest BCUT2D eigenvalue weighted by Crippen LogP contribution is 2.56. The van der Waals surface area contributed by atoms with Crippen LogP contribution in [0, 0.1) is 5.92 Å². The van der Waals surface area contributed by atoms with Gasteiger partial charge in [0.05, 0.1) is 18.6 Å². The first-order chi connectivity index (χ1) is 20.4. The maximum Gasteiger partial charge on any atom is 0.263 e. The number of fused-ring (bicyclic) bond motifs is 1. The zero-order valence-electron chi connectivity index (χ0n) is 24.6. The Bertz CT molecular complexity index is 1490. The van der Waals surface area contributed by atoms with E-state index < -0.39 is 23.8 Å². The first-order valence-corrected chi connectivity index (χ1v) is 16.3. The molecule has 2 fully saturated rings. The topological polar surface area (TPSA) is 82.2 Å². The predicted octanol–water partition coefficient (Wildman–Crippen LogP) is 6.12. The zero-order valence-corrected chi connectivity index (χ0v) is 27.0. The summed E-state index contributed by atoms with van der Waals surface area (Å²) in [5.74, 6) is -0.426. The molecule has 2 amide bonds.